The van der Waals surface area contributed by atoms with E-state index in [-0.39, 0.29) is 11.7 Å². The number of thioether (sulfide) groups is 1. The van der Waals surface area contributed by atoms with E-state index in [2.05, 4.69) is 11.1 Å². The smallest absolute Gasteiger partial charge is 0.150 e. The second-order valence-corrected chi connectivity index (χ2v) is 7.71. The van der Waals surface area contributed by atoms with Crippen molar-refractivity contribution in [3.05, 3.63) is 24.3 Å². The van der Waals surface area contributed by atoms with Crippen molar-refractivity contribution in [3.8, 4) is 0 Å². The van der Waals surface area contributed by atoms with Gasteiger partial charge in [0.2, 0.25) is 0 Å². The monoisotopic (exact) mass is 267 g/mol. The molecule has 2 aliphatic heterocycles. The lowest BCUT2D eigenvalue weighted by molar-refractivity contribution is 0.601. The fraction of sp³-hybridized carbons (Fsp3) is 0.417. The number of sulfone groups is 1. The van der Waals surface area contributed by atoms with Gasteiger partial charge in [0.05, 0.1) is 17.2 Å². The summed E-state index contributed by atoms with van der Waals surface area (Å²) in [5.74, 6) is 1.58. The van der Waals surface area contributed by atoms with Crippen molar-refractivity contribution in [2.24, 2.45) is 10.9 Å². The standard InChI is InChI=1S/C12H13NO2S2/c14-17(15)6-5-9(8-17)11-7-16-12-4-2-1-3-10(12)13-11/h1-4,9H,5-8H2. The molecule has 5 heteroatoms. The highest BCUT2D eigenvalue weighted by atomic mass is 32.2. The number of benzene rings is 1. The molecule has 0 saturated carbocycles. The molecule has 3 rings (SSSR count). The Morgan fingerprint density at radius 2 is 2.12 bits per heavy atom. The lowest BCUT2D eigenvalue weighted by atomic mass is 10.0. The Balaban J connectivity index is 1.90. The number of hydrogen-bond donors (Lipinski definition) is 0. The van der Waals surface area contributed by atoms with Crippen molar-refractivity contribution in [3.63, 3.8) is 0 Å². The molecule has 1 saturated heterocycles. The van der Waals surface area contributed by atoms with E-state index in [1.807, 2.05) is 18.2 Å². The molecule has 1 aromatic rings. The van der Waals surface area contributed by atoms with Gasteiger partial charge in [-0.2, -0.15) is 0 Å². The van der Waals surface area contributed by atoms with Crippen LogP contribution >= 0.6 is 11.8 Å². The number of para-hydroxylation sites is 1. The predicted molar refractivity (Wildman–Crippen MR) is 71.0 cm³/mol. The van der Waals surface area contributed by atoms with Gasteiger partial charge in [0.25, 0.3) is 0 Å². The van der Waals surface area contributed by atoms with E-state index in [1.165, 1.54) is 4.90 Å². The zero-order valence-corrected chi connectivity index (χ0v) is 10.9. The van der Waals surface area contributed by atoms with E-state index < -0.39 is 9.84 Å². The molecule has 0 aliphatic carbocycles. The summed E-state index contributed by atoms with van der Waals surface area (Å²) in [6, 6.07) is 8.03. The van der Waals surface area contributed by atoms with Gasteiger partial charge >= 0.3 is 0 Å². The fourth-order valence-corrected chi connectivity index (χ4v) is 5.10. The highest BCUT2D eigenvalue weighted by molar-refractivity contribution is 8.00. The van der Waals surface area contributed by atoms with E-state index in [9.17, 15) is 8.42 Å². The summed E-state index contributed by atoms with van der Waals surface area (Å²) in [5, 5.41) is 0. The highest BCUT2D eigenvalue weighted by Gasteiger charge is 2.32. The molecule has 0 aromatic heterocycles. The van der Waals surface area contributed by atoms with Crippen LogP contribution in [0.4, 0.5) is 5.69 Å². The second-order valence-electron chi connectivity index (χ2n) is 4.46. The normalized spacial score (nSPS) is 26.4. The van der Waals surface area contributed by atoms with Gasteiger partial charge in [-0.25, -0.2) is 8.42 Å². The third kappa shape index (κ3) is 2.26. The van der Waals surface area contributed by atoms with Crippen LogP contribution in [0.2, 0.25) is 0 Å². The average molecular weight is 267 g/mol. The molecule has 0 spiro atoms. The van der Waals surface area contributed by atoms with Crippen molar-refractivity contribution < 1.29 is 8.42 Å². The van der Waals surface area contributed by atoms with Crippen LogP contribution in [0.25, 0.3) is 0 Å². The van der Waals surface area contributed by atoms with Crippen molar-refractivity contribution in [1.82, 2.24) is 0 Å². The van der Waals surface area contributed by atoms with Crippen LogP contribution in [0.1, 0.15) is 6.42 Å². The minimum atomic E-state index is -2.81. The third-order valence-corrected chi connectivity index (χ3v) is 6.07. The van der Waals surface area contributed by atoms with E-state index in [0.29, 0.717) is 5.75 Å². The van der Waals surface area contributed by atoms with Crippen molar-refractivity contribution in [2.75, 3.05) is 17.3 Å². The van der Waals surface area contributed by atoms with Crippen molar-refractivity contribution in [2.45, 2.75) is 11.3 Å². The van der Waals surface area contributed by atoms with Gasteiger partial charge in [-0.3, -0.25) is 4.99 Å². The van der Waals surface area contributed by atoms with Crippen LogP contribution in [-0.4, -0.2) is 31.4 Å². The summed E-state index contributed by atoms with van der Waals surface area (Å²) in [5.41, 5.74) is 2.04. The Hall–Kier alpha value is -0.810. The van der Waals surface area contributed by atoms with Crippen LogP contribution in [0, 0.1) is 5.92 Å². The van der Waals surface area contributed by atoms with Gasteiger partial charge in [0.1, 0.15) is 0 Å². The first kappa shape index (κ1) is 11.3. The molecule has 0 amide bonds. The molecular weight excluding hydrogens is 254 g/mol. The first-order valence-electron chi connectivity index (χ1n) is 5.64. The van der Waals surface area contributed by atoms with Crippen LogP contribution in [0.3, 0.4) is 0 Å². The molecule has 1 atom stereocenters. The molecule has 3 nitrogen and oxygen atoms in total. The molecular formula is C12H13NO2S2. The van der Waals surface area contributed by atoms with Crippen LogP contribution in [-0.2, 0) is 9.84 Å². The Morgan fingerprint density at radius 1 is 1.29 bits per heavy atom. The first-order valence-corrected chi connectivity index (χ1v) is 8.44. The highest BCUT2D eigenvalue weighted by Crippen LogP contribution is 2.36. The van der Waals surface area contributed by atoms with Gasteiger partial charge in [0.15, 0.2) is 9.84 Å². The summed E-state index contributed by atoms with van der Waals surface area (Å²) in [6.45, 7) is 0. The van der Waals surface area contributed by atoms with Crippen LogP contribution in [0.15, 0.2) is 34.2 Å². The largest absolute Gasteiger partial charge is 0.255 e. The number of aliphatic imine (C=N–C) groups is 1. The maximum atomic E-state index is 11.5. The lowest BCUT2D eigenvalue weighted by Crippen LogP contribution is -2.19. The summed E-state index contributed by atoms with van der Waals surface area (Å²) >= 11 is 1.76. The first-order chi connectivity index (χ1) is 8.14. The molecule has 17 heavy (non-hydrogen) atoms. The Kier molecular flexibility index (Phi) is 2.75. The summed E-state index contributed by atoms with van der Waals surface area (Å²) in [6.07, 6.45) is 0.740. The topological polar surface area (TPSA) is 46.5 Å². The van der Waals surface area contributed by atoms with Gasteiger partial charge < -0.3 is 0 Å². The van der Waals surface area contributed by atoms with Gasteiger partial charge in [-0.1, -0.05) is 12.1 Å². The minimum absolute atomic E-state index is 0.140. The summed E-state index contributed by atoms with van der Waals surface area (Å²) in [7, 11) is -2.81. The zero-order chi connectivity index (χ0) is 11.9. The predicted octanol–water partition coefficient (Wildman–Crippen LogP) is 2.30. The molecule has 1 unspecified atom stereocenters. The maximum Gasteiger partial charge on any atom is 0.150 e. The molecule has 1 fully saturated rings. The number of rotatable bonds is 1. The minimum Gasteiger partial charge on any atom is -0.255 e. The summed E-state index contributed by atoms with van der Waals surface area (Å²) < 4.78 is 22.9. The second kappa shape index (κ2) is 4.14. The zero-order valence-electron chi connectivity index (χ0n) is 9.30. The molecule has 1 aromatic carbocycles. The molecule has 90 valence electrons. The molecule has 2 aliphatic rings. The van der Waals surface area contributed by atoms with Crippen LogP contribution in [0.5, 0.6) is 0 Å². The van der Waals surface area contributed by atoms with E-state index in [0.717, 1.165) is 23.6 Å². The summed E-state index contributed by atoms with van der Waals surface area (Å²) in [4.78, 5) is 5.82. The van der Waals surface area contributed by atoms with Crippen molar-refractivity contribution in [1.29, 1.82) is 0 Å². The Labute approximate surface area is 105 Å². The average Bonchev–Trinajstić information content (AvgIpc) is 2.69. The van der Waals surface area contributed by atoms with Crippen molar-refractivity contribution >= 4 is 33.0 Å². The number of hydrogen-bond acceptors (Lipinski definition) is 4. The number of fused-ring (bicyclic) bond motifs is 1. The van der Waals surface area contributed by atoms with E-state index in [1.54, 1.807) is 11.8 Å². The van der Waals surface area contributed by atoms with E-state index >= 15 is 0 Å². The Morgan fingerprint density at radius 3 is 2.88 bits per heavy atom. The van der Waals surface area contributed by atoms with E-state index in [4.69, 9.17) is 0 Å². The maximum absolute atomic E-state index is 11.5. The SMILES string of the molecule is O=S1(=O)CCC(C2=Nc3ccccc3SC2)C1. The molecule has 0 bridgehead atoms. The lowest BCUT2D eigenvalue weighted by Gasteiger charge is -2.18. The molecule has 0 radical (unpaired) electrons. The van der Waals surface area contributed by atoms with Crippen LogP contribution < -0.4 is 0 Å². The Bertz CT molecular complexity index is 578. The van der Waals surface area contributed by atoms with Gasteiger partial charge in [0, 0.05) is 22.3 Å². The number of nitrogens with zero attached hydrogens (tertiary/aromatic N) is 1. The molecule has 2 heterocycles. The molecule has 0 N–H and O–H groups in total. The quantitative estimate of drug-likeness (QED) is 0.784. The van der Waals surface area contributed by atoms with Gasteiger partial charge in [-0.05, 0) is 18.6 Å². The fourth-order valence-electron chi connectivity index (χ4n) is 2.28. The van der Waals surface area contributed by atoms with Gasteiger partial charge in [-0.15, -0.1) is 11.8 Å². The third-order valence-electron chi connectivity index (χ3n) is 3.21.